The molecule has 1 aliphatic heterocycles. The number of carbonyl (C=O) groups excluding carboxylic acids is 1. The van der Waals surface area contributed by atoms with Gasteiger partial charge in [0.25, 0.3) is 5.91 Å². The molecule has 25 heavy (non-hydrogen) atoms. The van der Waals surface area contributed by atoms with Crippen molar-refractivity contribution in [3.8, 4) is 5.82 Å². The first-order valence-electron chi connectivity index (χ1n) is 8.29. The van der Waals surface area contributed by atoms with Gasteiger partial charge in [-0.3, -0.25) is 4.79 Å². The molecule has 0 radical (unpaired) electrons. The Morgan fingerprint density at radius 3 is 2.96 bits per heavy atom. The maximum absolute atomic E-state index is 12.7. The van der Waals surface area contributed by atoms with E-state index >= 15 is 0 Å². The summed E-state index contributed by atoms with van der Waals surface area (Å²) in [4.78, 5) is 17.0. The molecular formula is C17H19N7O. The van der Waals surface area contributed by atoms with Gasteiger partial charge < -0.3 is 9.88 Å². The number of carbonyl (C=O) groups is 1. The summed E-state index contributed by atoms with van der Waals surface area (Å²) in [6.45, 7) is 4.51. The molecule has 1 N–H and O–H groups in total. The van der Waals surface area contributed by atoms with Crippen molar-refractivity contribution in [2.45, 2.75) is 39.3 Å². The van der Waals surface area contributed by atoms with Crippen LogP contribution in [0.2, 0.25) is 0 Å². The lowest BCUT2D eigenvalue weighted by Gasteiger charge is -2.24. The zero-order chi connectivity index (χ0) is 17.4. The zero-order valence-corrected chi connectivity index (χ0v) is 14.2. The fraction of sp³-hybridized carbons (Fsp3) is 0.353. The minimum atomic E-state index is -0.112. The lowest BCUT2D eigenvalue weighted by atomic mass is 10.1. The molecule has 0 fully saturated rings. The number of hydrogen-bond donors (Lipinski definition) is 1. The van der Waals surface area contributed by atoms with Crippen LogP contribution in [0.1, 0.15) is 34.1 Å². The maximum atomic E-state index is 12.7. The van der Waals surface area contributed by atoms with E-state index in [1.54, 1.807) is 17.1 Å². The van der Waals surface area contributed by atoms with E-state index in [2.05, 4.69) is 30.2 Å². The van der Waals surface area contributed by atoms with E-state index < -0.39 is 0 Å². The minimum Gasteiger partial charge on any atom is -0.347 e. The Morgan fingerprint density at radius 1 is 1.28 bits per heavy atom. The van der Waals surface area contributed by atoms with Crippen molar-refractivity contribution in [2.75, 3.05) is 0 Å². The average molecular weight is 337 g/mol. The van der Waals surface area contributed by atoms with Crippen molar-refractivity contribution >= 4 is 5.91 Å². The predicted molar refractivity (Wildman–Crippen MR) is 90.4 cm³/mol. The van der Waals surface area contributed by atoms with Crippen molar-refractivity contribution < 1.29 is 4.79 Å². The number of fused-ring (bicyclic) bond motifs is 1. The molecule has 0 saturated carbocycles. The summed E-state index contributed by atoms with van der Waals surface area (Å²) < 4.78 is 3.75. The van der Waals surface area contributed by atoms with E-state index in [1.807, 2.05) is 32.0 Å². The van der Waals surface area contributed by atoms with E-state index in [0.29, 0.717) is 17.9 Å². The van der Waals surface area contributed by atoms with Crippen LogP contribution in [0.4, 0.5) is 0 Å². The third-order valence-electron chi connectivity index (χ3n) is 4.59. The second kappa shape index (κ2) is 6.12. The molecule has 1 atom stereocenters. The Hall–Kier alpha value is -3.03. The molecule has 8 nitrogen and oxygen atoms in total. The third-order valence-corrected chi connectivity index (χ3v) is 4.59. The summed E-state index contributed by atoms with van der Waals surface area (Å²) in [7, 11) is 0. The fourth-order valence-electron chi connectivity index (χ4n) is 3.19. The molecule has 0 aromatic carbocycles. The first kappa shape index (κ1) is 15.5. The summed E-state index contributed by atoms with van der Waals surface area (Å²) in [6, 6.07) is 5.66. The summed E-state index contributed by atoms with van der Waals surface area (Å²) >= 11 is 0. The van der Waals surface area contributed by atoms with Crippen LogP contribution < -0.4 is 5.32 Å². The molecule has 4 rings (SSSR count). The highest BCUT2D eigenvalue weighted by Crippen LogP contribution is 2.16. The number of hydrogen-bond acceptors (Lipinski definition) is 5. The fourth-order valence-corrected chi connectivity index (χ4v) is 3.19. The first-order valence-corrected chi connectivity index (χ1v) is 8.29. The average Bonchev–Trinajstić information content (AvgIpc) is 3.19. The van der Waals surface area contributed by atoms with E-state index in [4.69, 9.17) is 0 Å². The Morgan fingerprint density at radius 2 is 2.16 bits per heavy atom. The molecule has 1 aliphatic rings. The molecule has 0 spiro atoms. The van der Waals surface area contributed by atoms with Crippen molar-refractivity contribution in [1.29, 1.82) is 0 Å². The number of aryl methyl sites for hydroxylation is 2. The Bertz CT molecular complexity index is 912. The highest BCUT2D eigenvalue weighted by Gasteiger charge is 2.24. The van der Waals surface area contributed by atoms with Gasteiger partial charge in [0.15, 0.2) is 5.82 Å². The number of rotatable bonds is 3. The highest BCUT2D eigenvalue weighted by molar-refractivity contribution is 5.95. The molecule has 0 bridgehead atoms. The standard InChI is InChI=1S/C17H19N7O/c1-11-14(9-19-24(11)15-5-3-4-8-18-15)17(25)20-13-6-7-16-22-21-12(2)23(16)10-13/h3-5,8-9,13H,6-7,10H2,1-2H3,(H,20,25). The van der Waals surface area contributed by atoms with Gasteiger partial charge in [0.1, 0.15) is 11.6 Å². The quantitative estimate of drug-likeness (QED) is 0.776. The van der Waals surface area contributed by atoms with Crippen molar-refractivity contribution in [3.63, 3.8) is 0 Å². The SMILES string of the molecule is Cc1c(C(=O)NC2CCc3nnc(C)n3C2)cnn1-c1ccccn1. The number of nitrogens with zero attached hydrogens (tertiary/aromatic N) is 6. The number of pyridine rings is 1. The smallest absolute Gasteiger partial charge is 0.255 e. The van der Waals surface area contributed by atoms with Crippen LogP contribution in [0.3, 0.4) is 0 Å². The third kappa shape index (κ3) is 2.79. The number of amides is 1. The van der Waals surface area contributed by atoms with Crippen LogP contribution in [-0.4, -0.2) is 41.5 Å². The second-order valence-corrected chi connectivity index (χ2v) is 6.23. The van der Waals surface area contributed by atoms with Gasteiger partial charge in [-0.05, 0) is 32.4 Å². The van der Waals surface area contributed by atoms with Crippen LogP contribution in [0.25, 0.3) is 5.82 Å². The van der Waals surface area contributed by atoms with Crippen molar-refractivity contribution in [3.05, 3.63) is 53.5 Å². The maximum Gasteiger partial charge on any atom is 0.255 e. The minimum absolute atomic E-state index is 0.0623. The Balaban J connectivity index is 1.51. The molecule has 128 valence electrons. The predicted octanol–water partition coefficient (Wildman–Crippen LogP) is 1.22. The molecule has 1 unspecified atom stereocenters. The van der Waals surface area contributed by atoms with Gasteiger partial charge in [0.05, 0.1) is 17.5 Å². The number of nitrogens with one attached hydrogen (secondary N) is 1. The van der Waals surface area contributed by atoms with Gasteiger partial charge in [0, 0.05) is 25.2 Å². The second-order valence-electron chi connectivity index (χ2n) is 6.23. The van der Waals surface area contributed by atoms with Gasteiger partial charge in [-0.1, -0.05) is 6.07 Å². The largest absolute Gasteiger partial charge is 0.347 e. The summed E-state index contributed by atoms with van der Waals surface area (Å²) in [6.07, 6.45) is 4.98. The lowest BCUT2D eigenvalue weighted by Crippen LogP contribution is -2.41. The summed E-state index contributed by atoms with van der Waals surface area (Å²) in [5.74, 6) is 2.45. The van der Waals surface area contributed by atoms with E-state index in [0.717, 1.165) is 30.2 Å². The summed E-state index contributed by atoms with van der Waals surface area (Å²) in [5.41, 5.74) is 1.34. The molecular weight excluding hydrogens is 318 g/mol. The molecule has 3 aromatic heterocycles. The van der Waals surface area contributed by atoms with E-state index in [9.17, 15) is 4.79 Å². The molecule has 4 heterocycles. The molecule has 0 aliphatic carbocycles. The van der Waals surface area contributed by atoms with E-state index in [-0.39, 0.29) is 11.9 Å². The van der Waals surface area contributed by atoms with Crippen LogP contribution in [0, 0.1) is 13.8 Å². The lowest BCUT2D eigenvalue weighted by molar-refractivity contribution is 0.0926. The van der Waals surface area contributed by atoms with Crippen LogP contribution in [-0.2, 0) is 13.0 Å². The van der Waals surface area contributed by atoms with Gasteiger partial charge in [0.2, 0.25) is 0 Å². The molecule has 0 saturated heterocycles. The normalized spacial score (nSPS) is 16.5. The Labute approximate surface area is 144 Å². The Kier molecular flexibility index (Phi) is 3.79. The van der Waals surface area contributed by atoms with Gasteiger partial charge in [-0.25, -0.2) is 9.67 Å². The van der Waals surface area contributed by atoms with Crippen molar-refractivity contribution in [1.82, 2.24) is 34.8 Å². The highest BCUT2D eigenvalue weighted by atomic mass is 16.1. The molecule has 3 aromatic rings. The van der Waals surface area contributed by atoms with E-state index in [1.165, 1.54) is 0 Å². The monoisotopic (exact) mass is 337 g/mol. The van der Waals surface area contributed by atoms with Crippen molar-refractivity contribution in [2.24, 2.45) is 0 Å². The van der Waals surface area contributed by atoms with Crippen LogP contribution in [0.15, 0.2) is 30.6 Å². The van der Waals surface area contributed by atoms with Crippen LogP contribution in [0.5, 0.6) is 0 Å². The molecule has 1 amide bonds. The van der Waals surface area contributed by atoms with Gasteiger partial charge in [-0.15, -0.1) is 10.2 Å². The first-order chi connectivity index (χ1) is 12.1. The van der Waals surface area contributed by atoms with Gasteiger partial charge in [-0.2, -0.15) is 5.10 Å². The summed E-state index contributed by atoms with van der Waals surface area (Å²) in [5, 5.41) is 15.7. The van der Waals surface area contributed by atoms with Gasteiger partial charge >= 0.3 is 0 Å². The van der Waals surface area contributed by atoms with Crippen LogP contribution >= 0.6 is 0 Å². The molecule has 8 heteroatoms. The number of aromatic nitrogens is 6. The topological polar surface area (TPSA) is 90.5 Å². The zero-order valence-electron chi connectivity index (χ0n) is 14.2.